The Morgan fingerprint density at radius 2 is 2.00 bits per heavy atom. The van der Waals surface area contributed by atoms with Crippen molar-refractivity contribution in [2.24, 2.45) is 0 Å². The summed E-state index contributed by atoms with van der Waals surface area (Å²) in [5, 5.41) is 8.91. The third kappa shape index (κ3) is 4.03. The molecule has 0 spiro atoms. The summed E-state index contributed by atoms with van der Waals surface area (Å²) in [6.07, 6.45) is 0.359. The topological polar surface area (TPSA) is 66.4 Å². The molecule has 1 unspecified atom stereocenters. The molecular weight excluding hydrogens is 316 g/mol. The zero-order valence-electron chi connectivity index (χ0n) is 10.4. The van der Waals surface area contributed by atoms with Gasteiger partial charge in [-0.1, -0.05) is 30.1 Å². The summed E-state index contributed by atoms with van der Waals surface area (Å²) in [5.74, 6) is -0.992. The van der Waals surface area contributed by atoms with Gasteiger partial charge in [0, 0.05) is 6.54 Å². The van der Waals surface area contributed by atoms with Crippen LogP contribution in [0.1, 0.15) is 20.3 Å². The molecule has 0 radical (unpaired) electrons. The van der Waals surface area contributed by atoms with E-state index in [1.54, 1.807) is 6.92 Å². The first-order chi connectivity index (χ1) is 8.60. The van der Waals surface area contributed by atoms with Crippen LogP contribution >= 0.6 is 23.2 Å². The number of benzene rings is 1. The molecule has 19 heavy (non-hydrogen) atoms. The van der Waals surface area contributed by atoms with Gasteiger partial charge in [-0.25, -0.2) is 17.5 Å². The molecule has 108 valence electrons. The van der Waals surface area contributed by atoms with Crippen molar-refractivity contribution in [2.75, 3.05) is 6.54 Å². The molecule has 4 nitrogen and oxygen atoms in total. The molecule has 0 saturated heterocycles. The maximum Gasteiger partial charge on any atom is 0.242 e. The van der Waals surface area contributed by atoms with Gasteiger partial charge in [-0.05, 0) is 25.5 Å². The van der Waals surface area contributed by atoms with E-state index in [2.05, 4.69) is 4.72 Å². The lowest BCUT2D eigenvalue weighted by atomic mass is 10.1. The molecule has 0 bridgehead atoms. The first-order valence-corrected chi connectivity index (χ1v) is 7.70. The maximum atomic E-state index is 13.5. The van der Waals surface area contributed by atoms with Crippen molar-refractivity contribution in [1.82, 2.24) is 4.72 Å². The third-order valence-corrected chi connectivity index (χ3v) is 4.91. The Balaban J connectivity index is 3.06. The fraction of sp³-hybridized carbons (Fsp3) is 0.455. The number of hydrogen-bond donors (Lipinski definition) is 2. The maximum absolute atomic E-state index is 13.5. The van der Waals surface area contributed by atoms with Crippen LogP contribution in [0.2, 0.25) is 10.0 Å². The first-order valence-electron chi connectivity index (χ1n) is 5.46. The van der Waals surface area contributed by atoms with E-state index in [1.165, 1.54) is 6.92 Å². The van der Waals surface area contributed by atoms with Crippen LogP contribution < -0.4 is 4.72 Å². The van der Waals surface area contributed by atoms with Gasteiger partial charge in [0.2, 0.25) is 10.0 Å². The molecule has 0 aliphatic carbocycles. The summed E-state index contributed by atoms with van der Waals surface area (Å²) in [5.41, 5.74) is -1.19. The predicted molar refractivity (Wildman–Crippen MR) is 72.5 cm³/mol. The Kier molecular flexibility index (Phi) is 5.20. The number of halogens is 3. The highest BCUT2D eigenvalue weighted by Crippen LogP contribution is 2.29. The van der Waals surface area contributed by atoms with E-state index in [-0.39, 0.29) is 11.6 Å². The smallest absolute Gasteiger partial charge is 0.242 e. The zero-order chi connectivity index (χ0) is 14.8. The number of sulfonamides is 1. The molecule has 0 amide bonds. The van der Waals surface area contributed by atoms with Gasteiger partial charge in [-0.2, -0.15) is 0 Å². The second-order valence-corrected chi connectivity index (χ2v) is 6.87. The number of rotatable bonds is 5. The number of nitrogens with one attached hydrogen (secondary N) is 1. The minimum Gasteiger partial charge on any atom is -0.389 e. The molecule has 0 fully saturated rings. The van der Waals surface area contributed by atoms with Crippen LogP contribution in [-0.4, -0.2) is 25.7 Å². The van der Waals surface area contributed by atoms with Crippen molar-refractivity contribution in [3.8, 4) is 0 Å². The van der Waals surface area contributed by atoms with Crippen LogP contribution in [0.15, 0.2) is 17.0 Å². The second kappa shape index (κ2) is 5.93. The largest absolute Gasteiger partial charge is 0.389 e. The molecule has 1 aromatic rings. The monoisotopic (exact) mass is 329 g/mol. The van der Waals surface area contributed by atoms with Gasteiger partial charge in [0.25, 0.3) is 0 Å². The molecule has 1 aromatic carbocycles. The minimum atomic E-state index is -4.01. The fourth-order valence-electron chi connectivity index (χ4n) is 1.17. The molecule has 1 atom stereocenters. The third-order valence-electron chi connectivity index (χ3n) is 2.69. The lowest BCUT2D eigenvalue weighted by Crippen LogP contribution is -2.40. The standard InChI is InChI=1S/C11H14Cl2FNO3S/c1-3-11(2,16)6-15-19(17,18)8-5-4-7(12)10(14)9(8)13/h4-5,15-16H,3,6H2,1-2H3. The van der Waals surface area contributed by atoms with E-state index in [0.717, 1.165) is 12.1 Å². The summed E-state index contributed by atoms with van der Waals surface area (Å²) < 4.78 is 39.6. The number of aliphatic hydroxyl groups is 1. The average Bonchev–Trinajstić information content (AvgIpc) is 2.34. The van der Waals surface area contributed by atoms with E-state index >= 15 is 0 Å². The zero-order valence-corrected chi connectivity index (χ0v) is 12.7. The molecule has 0 aliphatic heterocycles. The molecule has 1 rings (SSSR count). The van der Waals surface area contributed by atoms with Crippen LogP contribution in [0.5, 0.6) is 0 Å². The Morgan fingerprint density at radius 3 is 2.53 bits per heavy atom. The molecule has 0 heterocycles. The van der Waals surface area contributed by atoms with Crippen LogP contribution in [0.3, 0.4) is 0 Å². The first kappa shape index (κ1) is 16.7. The van der Waals surface area contributed by atoms with Crippen LogP contribution in [0.25, 0.3) is 0 Å². The molecule has 2 N–H and O–H groups in total. The van der Waals surface area contributed by atoms with E-state index in [0.29, 0.717) is 6.42 Å². The van der Waals surface area contributed by atoms with Crippen LogP contribution in [0, 0.1) is 5.82 Å². The van der Waals surface area contributed by atoms with Crippen molar-refractivity contribution < 1.29 is 17.9 Å². The highest BCUT2D eigenvalue weighted by molar-refractivity contribution is 7.89. The van der Waals surface area contributed by atoms with E-state index in [4.69, 9.17) is 23.2 Å². The van der Waals surface area contributed by atoms with Crippen molar-refractivity contribution in [3.63, 3.8) is 0 Å². The van der Waals surface area contributed by atoms with Crippen molar-refractivity contribution in [3.05, 3.63) is 28.0 Å². The number of hydrogen-bond acceptors (Lipinski definition) is 3. The lowest BCUT2D eigenvalue weighted by molar-refractivity contribution is 0.0613. The summed E-state index contributed by atoms with van der Waals surface area (Å²) in [4.78, 5) is -0.414. The normalized spacial score (nSPS) is 15.3. The Bertz CT molecular complexity index is 576. The van der Waals surface area contributed by atoms with Crippen molar-refractivity contribution in [1.29, 1.82) is 0 Å². The van der Waals surface area contributed by atoms with E-state index in [1.807, 2.05) is 0 Å². The Labute approximate surface area is 121 Å². The summed E-state index contributed by atoms with van der Waals surface area (Å²) in [6.45, 7) is 3.00. The fourth-order valence-corrected chi connectivity index (χ4v) is 3.07. The van der Waals surface area contributed by atoms with Crippen molar-refractivity contribution in [2.45, 2.75) is 30.8 Å². The lowest BCUT2D eigenvalue weighted by Gasteiger charge is -2.21. The highest BCUT2D eigenvalue weighted by atomic mass is 35.5. The highest BCUT2D eigenvalue weighted by Gasteiger charge is 2.25. The van der Waals surface area contributed by atoms with Gasteiger partial charge in [0.05, 0.1) is 15.6 Å². The van der Waals surface area contributed by atoms with Gasteiger partial charge in [0.1, 0.15) is 4.90 Å². The Morgan fingerprint density at radius 1 is 1.42 bits per heavy atom. The quantitative estimate of drug-likeness (QED) is 0.816. The Hall–Kier alpha value is -0.400. The molecular formula is C11H14Cl2FNO3S. The summed E-state index contributed by atoms with van der Waals surface area (Å²) >= 11 is 11.1. The molecule has 0 aromatic heterocycles. The van der Waals surface area contributed by atoms with Gasteiger partial charge >= 0.3 is 0 Å². The SMILES string of the molecule is CCC(C)(O)CNS(=O)(=O)c1ccc(Cl)c(F)c1Cl. The second-order valence-electron chi connectivity index (χ2n) is 4.35. The van der Waals surface area contributed by atoms with Gasteiger partial charge in [0.15, 0.2) is 5.82 Å². The van der Waals surface area contributed by atoms with E-state index < -0.39 is 31.4 Å². The minimum absolute atomic E-state index is 0.202. The van der Waals surface area contributed by atoms with Gasteiger partial charge in [-0.15, -0.1) is 0 Å². The van der Waals surface area contributed by atoms with E-state index in [9.17, 15) is 17.9 Å². The molecule has 0 saturated carbocycles. The molecule has 8 heteroatoms. The molecule has 0 aliphatic rings. The van der Waals surface area contributed by atoms with Gasteiger partial charge in [-0.3, -0.25) is 0 Å². The van der Waals surface area contributed by atoms with Crippen molar-refractivity contribution >= 4 is 33.2 Å². The summed E-state index contributed by atoms with van der Waals surface area (Å²) in [7, 11) is -4.01. The van der Waals surface area contributed by atoms with Crippen LogP contribution in [-0.2, 0) is 10.0 Å². The summed E-state index contributed by atoms with van der Waals surface area (Å²) in [6, 6.07) is 2.21. The predicted octanol–water partition coefficient (Wildman–Crippen LogP) is 2.57. The van der Waals surface area contributed by atoms with Crippen LogP contribution in [0.4, 0.5) is 4.39 Å². The average molecular weight is 330 g/mol. The van der Waals surface area contributed by atoms with Gasteiger partial charge < -0.3 is 5.11 Å².